The molecule has 2 heterocycles. The van der Waals surface area contributed by atoms with Crippen LogP contribution in [0.1, 0.15) is 12.8 Å². The van der Waals surface area contributed by atoms with Gasteiger partial charge in [0.2, 0.25) is 11.8 Å². The van der Waals surface area contributed by atoms with Crippen LogP contribution < -0.4 is 0 Å². The summed E-state index contributed by atoms with van der Waals surface area (Å²) in [5.74, 6) is -2.73. The molecule has 2 saturated heterocycles. The monoisotopic (exact) mass is 502 g/mol. The average Bonchev–Trinajstić information content (AvgIpc) is 3.17. The number of aliphatic hydroxyl groups excluding tert-OH is 2. The zero-order chi connectivity index (χ0) is 20.0. The summed E-state index contributed by atoms with van der Waals surface area (Å²) < 4.78 is 0. The normalized spacial score (nSPS) is 27.7. The van der Waals surface area contributed by atoms with E-state index in [-0.39, 0.29) is 48.4 Å². The van der Waals surface area contributed by atoms with Crippen molar-refractivity contribution >= 4 is 55.6 Å². The smallest absolute Gasteiger partial charge is 0.326 e. The van der Waals surface area contributed by atoms with Crippen molar-refractivity contribution in [2.24, 2.45) is 0 Å². The van der Waals surface area contributed by atoms with Gasteiger partial charge in [-0.15, -0.1) is 0 Å². The molecule has 2 amide bonds. The van der Waals surface area contributed by atoms with Crippen molar-refractivity contribution in [1.29, 1.82) is 0 Å². The van der Waals surface area contributed by atoms with E-state index in [1.165, 1.54) is 9.80 Å². The number of likely N-dealkylation sites (tertiary alicyclic amines) is 2. The number of nitrogens with zero attached hydrogens (tertiary/aromatic N) is 2. The minimum atomic E-state index is -1.06. The number of alkyl halides is 2. The lowest BCUT2D eigenvalue weighted by Gasteiger charge is -2.19. The van der Waals surface area contributed by atoms with E-state index in [0.717, 1.165) is 0 Å². The molecule has 0 unspecified atom stereocenters. The minimum absolute atomic E-state index is 0.0868. The maximum absolute atomic E-state index is 11.2. The van der Waals surface area contributed by atoms with E-state index in [1.54, 1.807) is 0 Å². The lowest BCUT2D eigenvalue weighted by molar-refractivity contribution is -0.147. The number of aliphatic hydroxyl groups is 2. The van der Waals surface area contributed by atoms with Crippen LogP contribution in [0.15, 0.2) is 0 Å². The largest absolute Gasteiger partial charge is 0.480 e. The maximum atomic E-state index is 11.2. The molecule has 2 aliphatic rings. The van der Waals surface area contributed by atoms with Crippen molar-refractivity contribution in [2.45, 2.75) is 37.1 Å². The van der Waals surface area contributed by atoms with Crippen LogP contribution in [0.25, 0.3) is 0 Å². The molecule has 148 valence electrons. The van der Waals surface area contributed by atoms with Crippen molar-refractivity contribution in [3.8, 4) is 0 Å². The topological polar surface area (TPSA) is 156 Å². The number of halogens is 2. The molecule has 0 bridgehead atoms. The van der Waals surface area contributed by atoms with Gasteiger partial charge in [-0.1, -0.05) is 31.9 Å². The predicted molar refractivity (Wildman–Crippen MR) is 95.1 cm³/mol. The summed E-state index contributed by atoms with van der Waals surface area (Å²) in [4.78, 5) is 46.0. The fourth-order valence-electron chi connectivity index (χ4n) is 2.80. The van der Waals surface area contributed by atoms with Crippen molar-refractivity contribution < 1.29 is 39.6 Å². The molecule has 0 aromatic carbocycles. The number of carboxylic acids is 2. The van der Waals surface area contributed by atoms with Gasteiger partial charge in [0.25, 0.3) is 0 Å². The van der Waals surface area contributed by atoms with E-state index in [0.29, 0.717) is 0 Å². The second-order valence-electron chi connectivity index (χ2n) is 5.85. The standard InChI is InChI=1S/2C7H10BrNO4/c2*8-2-6(11)9-3-4(10)1-5(9)7(12)13/h2*4-5,10H,1-3H2,(H,12,13)/t2*4-,5+/m00/s1. The van der Waals surface area contributed by atoms with Crippen LogP contribution in [0.3, 0.4) is 0 Å². The average molecular weight is 504 g/mol. The first-order chi connectivity index (χ1) is 12.1. The Labute approximate surface area is 166 Å². The van der Waals surface area contributed by atoms with Crippen LogP contribution >= 0.6 is 31.9 Å². The van der Waals surface area contributed by atoms with Crippen molar-refractivity contribution in [3.63, 3.8) is 0 Å². The molecule has 12 heteroatoms. The van der Waals surface area contributed by atoms with Crippen LogP contribution in [0.2, 0.25) is 0 Å². The summed E-state index contributed by atoms with van der Waals surface area (Å²) in [6.45, 7) is 0.225. The zero-order valence-electron chi connectivity index (χ0n) is 13.6. The van der Waals surface area contributed by atoms with E-state index < -0.39 is 36.2 Å². The molecule has 0 saturated carbocycles. The number of rotatable bonds is 4. The Morgan fingerprint density at radius 1 is 0.769 bits per heavy atom. The van der Waals surface area contributed by atoms with Gasteiger partial charge in [-0.25, -0.2) is 9.59 Å². The van der Waals surface area contributed by atoms with Gasteiger partial charge in [-0.05, 0) is 0 Å². The minimum Gasteiger partial charge on any atom is -0.480 e. The molecule has 0 aromatic rings. The fraction of sp³-hybridized carbons (Fsp3) is 0.714. The number of amides is 2. The van der Waals surface area contributed by atoms with Crippen LogP contribution in [0.5, 0.6) is 0 Å². The Balaban J connectivity index is 0.000000260. The van der Waals surface area contributed by atoms with Gasteiger partial charge in [0, 0.05) is 25.9 Å². The SMILES string of the molecule is O=C(O)[C@H]1C[C@H](O)CN1C(=O)CBr.O=C(O)[C@H]1C[C@H](O)CN1C(=O)CBr. The summed E-state index contributed by atoms with van der Waals surface area (Å²) in [6, 6.07) is -1.75. The molecule has 0 aromatic heterocycles. The van der Waals surface area contributed by atoms with Gasteiger partial charge >= 0.3 is 11.9 Å². The number of aliphatic carboxylic acids is 2. The van der Waals surface area contributed by atoms with Gasteiger partial charge in [0.05, 0.1) is 22.9 Å². The second kappa shape index (κ2) is 10.2. The molecular formula is C14H20Br2N2O8. The van der Waals surface area contributed by atoms with E-state index in [4.69, 9.17) is 10.2 Å². The first-order valence-electron chi connectivity index (χ1n) is 7.64. The molecule has 4 atom stereocenters. The molecular weight excluding hydrogens is 484 g/mol. The molecule has 2 aliphatic heterocycles. The highest BCUT2D eigenvalue weighted by Crippen LogP contribution is 2.19. The Bertz CT molecular complexity index is 513. The lowest BCUT2D eigenvalue weighted by atomic mass is 10.2. The summed E-state index contributed by atoms with van der Waals surface area (Å²) in [5, 5.41) is 36.0. The van der Waals surface area contributed by atoms with Gasteiger partial charge in [-0.3, -0.25) is 9.59 Å². The number of β-amino-alcohol motifs (C(OH)–C–C–N with tert-alkyl or cyclic N) is 2. The van der Waals surface area contributed by atoms with Crippen LogP contribution in [0, 0.1) is 0 Å². The first-order valence-corrected chi connectivity index (χ1v) is 9.89. The molecule has 10 nitrogen and oxygen atoms in total. The Morgan fingerprint density at radius 2 is 1.08 bits per heavy atom. The van der Waals surface area contributed by atoms with Crippen molar-refractivity contribution in [1.82, 2.24) is 9.80 Å². The molecule has 26 heavy (non-hydrogen) atoms. The van der Waals surface area contributed by atoms with Crippen molar-refractivity contribution in [2.75, 3.05) is 23.7 Å². The van der Waals surface area contributed by atoms with Crippen LogP contribution in [0.4, 0.5) is 0 Å². The number of carbonyl (C=O) groups is 4. The van der Waals surface area contributed by atoms with E-state index >= 15 is 0 Å². The summed E-state index contributed by atoms with van der Waals surface area (Å²) in [5.41, 5.74) is 0. The zero-order valence-corrected chi connectivity index (χ0v) is 16.8. The third-order valence-electron chi connectivity index (χ3n) is 4.00. The first kappa shape index (κ1) is 22.8. The molecule has 0 radical (unpaired) electrons. The van der Waals surface area contributed by atoms with Gasteiger partial charge in [-0.2, -0.15) is 0 Å². The lowest BCUT2D eigenvalue weighted by Crippen LogP contribution is -2.41. The van der Waals surface area contributed by atoms with E-state index in [9.17, 15) is 29.4 Å². The highest BCUT2D eigenvalue weighted by atomic mass is 79.9. The van der Waals surface area contributed by atoms with Crippen LogP contribution in [-0.4, -0.2) is 102 Å². The molecule has 2 fully saturated rings. The summed E-state index contributed by atoms with van der Waals surface area (Å²) >= 11 is 5.91. The summed E-state index contributed by atoms with van der Waals surface area (Å²) in [6.07, 6.45) is -1.20. The van der Waals surface area contributed by atoms with E-state index in [2.05, 4.69) is 31.9 Å². The highest BCUT2D eigenvalue weighted by molar-refractivity contribution is 9.09. The van der Waals surface area contributed by atoms with Gasteiger partial charge < -0.3 is 30.2 Å². The Morgan fingerprint density at radius 3 is 1.31 bits per heavy atom. The number of carbonyl (C=O) groups excluding carboxylic acids is 2. The molecule has 4 N–H and O–H groups in total. The van der Waals surface area contributed by atoms with Crippen molar-refractivity contribution in [3.05, 3.63) is 0 Å². The maximum Gasteiger partial charge on any atom is 0.326 e. The third-order valence-corrected chi connectivity index (χ3v) is 4.96. The van der Waals surface area contributed by atoms with Gasteiger partial charge in [0.15, 0.2) is 0 Å². The number of carboxylic acid groups (broad SMARTS) is 2. The predicted octanol–water partition coefficient (Wildman–Crippen LogP) is -1.14. The van der Waals surface area contributed by atoms with Crippen LogP contribution in [-0.2, 0) is 19.2 Å². The van der Waals surface area contributed by atoms with Gasteiger partial charge in [0.1, 0.15) is 12.1 Å². The molecule has 0 spiro atoms. The number of hydrogen-bond acceptors (Lipinski definition) is 6. The second-order valence-corrected chi connectivity index (χ2v) is 6.97. The molecule has 0 aliphatic carbocycles. The Kier molecular flexibility index (Phi) is 8.93. The Hall–Kier alpha value is -1.24. The van der Waals surface area contributed by atoms with E-state index in [1.807, 2.05) is 0 Å². The quantitative estimate of drug-likeness (QED) is 0.350. The number of hydrogen-bond donors (Lipinski definition) is 4. The fourth-order valence-corrected chi connectivity index (χ4v) is 3.44. The molecule has 2 rings (SSSR count). The summed E-state index contributed by atoms with van der Waals surface area (Å²) in [7, 11) is 0. The highest BCUT2D eigenvalue weighted by Gasteiger charge is 2.39. The third kappa shape index (κ3) is 5.89.